The van der Waals surface area contributed by atoms with Crippen LogP contribution in [0.15, 0.2) is 47.5 Å². The van der Waals surface area contributed by atoms with E-state index in [2.05, 4.69) is 14.6 Å². The molecule has 0 saturated carbocycles. The average molecular weight is 367 g/mol. The predicted octanol–water partition coefficient (Wildman–Crippen LogP) is 2.55. The molecule has 3 rings (SSSR count). The molecular formula is C17H19F2N3O2S. The quantitative estimate of drug-likeness (QED) is 0.882. The first kappa shape index (κ1) is 17.8. The Balaban J connectivity index is 1.55. The minimum Gasteiger partial charge on any atom is -0.357 e. The highest BCUT2D eigenvalue weighted by Gasteiger charge is 2.23. The zero-order valence-electron chi connectivity index (χ0n) is 13.5. The molecule has 1 N–H and O–H groups in total. The van der Waals surface area contributed by atoms with E-state index in [0.29, 0.717) is 6.07 Å². The second-order valence-electron chi connectivity index (χ2n) is 6.05. The molecule has 0 amide bonds. The van der Waals surface area contributed by atoms with Crippen LogP contribution in [0.1, 0.15) is 12.8 Å². The van der Waals surface area contributed by atoms with Gasteiger partial charge in [-0.25, -0.2) is 26.9 Å². The monoisotopic (exact) mass is 367 g/mol. The molecule has 2 aromatic rings. The van der Waals surface area contributed by atoms with Gasteiger partial charge in [0.25, 0.3) is 0 Å². The maximum atomic E-state index is 13.2. The van der Waals surface area contributed by atoms with Crippen molar-refractivity contribution in [3.63, 3.8) is 0 Å². The number of rotatable bonds is 5. The molecule has 0 radical (unpaired) electrons. The van der Waals surface area contributed by atoms with Crippen molar-refractivity contribution in [2.24, 2.45) is 5.92 Å². The first-order chi connectivity index (χ1) is 12.0. The second kappa shape index (κ2) is 7.45. The molecule has 1 saturated heterocycles. The van der Waals surface area contributed by atoms with E-state index in [9.17, 15) is 17.2 Å². The van der Waals surface area contributed by atoms with Crippen LogP contribution in [0.25, 0.3) is 0 Å². The summed E-state index contributed by atoms with van der Waals surface area (Å²) in [6.45, 7) is 1.88. The van der Waals surface area contributed by atoms with Gasteiger partial charge in [-0.05, 0) is 49.1 Å². The molecular weight excluding hydrogens is 348 g/mol. The summed E-state index contributed by atoms with van der Waals surface area (Å²) in [4.78, 5) is 6.22. The van der Waals surface area contributed by atoms with E-state index in [0.717, 1.165) is 43.9 Å². The van der Waals surface area contributed by atoms with E-state index < -0.39 is 21.7 Å². The number of piperidine rings is 1. The molecule has 25 heavy (non-hydrogen) atoms. The molecule has 0 aliphatic carbocycles. The Morgan fingerprint density at radius 3 is 2.52 bits per heavy atom. The van der Waals surface area contributed by atoms with Crippen LogP contribution in [-0.4, -0.2) is 33.0 Å². The van der Waals surface area contributed by atoms with E-state index >= 15 is 0 Å². The largest absolute Gasteiger partial charge is 0.357 e. The van der Waals surface area contributed by atoms with Gasteiger partial charge < -0.3 is 4.90 Å². The van der Waals surface area contributed by atoms with Crippen LogP contribution in [0.3, 0.4) is 0 Å². The second-order valence-corrected chi connectivity index (χ2v) is 7.81. The molecule has 8 heteroatoms. The van der Waals surface area contributed by atoms with Crippen molar-refractivity contribution in [3.05, 3.63) is 54.2 Å². The zero-order valence-corrected chi connectivity index (χ0v) is 14.3. The van der Waals surface area contributed by atoms with Gasteiger partial charge in [-0.3, -0.25) is 0 Å². The third-order valence-corrected chi connectivity index (χ3v) is 5.77. The fourth-order valence-corrected chi connectivity index (χ4v) is 3.99. The predicted molar refractivity (Wildman–Crippen MR) is 90.7 cm³/mol. The summed E-state index contributed by atoms with van der Waals surface area (Å²) in [6, 6.07) is 8.32. The van der Waals surface area contributed by atoms with Crippen molar-refractivity contribution in [2.45, 2.75) is 17.7 Å². The molecule has 1 aliphatic heterocycles. The van der Waals surface area contributed by atoms with Gasteiger partial charge in [0.2, 0.25) is 10.0 Å². The third-order valence-electron chi connectivity index (χ3n) is 4.35. The molecule has 134 valence electrons. The number of anilines is 1. The van der Waals surface area contributed by atoms with E-state index in [-0.39, 0.29) is 17.4 Å². The Morgan fingerprint density at radius 2 is 1.88 bits per heavy atom. The molecule has 1 aromatic carbocycles. The van der Waals surface area contributed by atoms with Crippen molar-refractivity contribution in [1.82, 2.24) is 9.71 Å². The molecule has 1 aliphatic rings. The summed E-state index contributed by atoms with van der Waals surface area (Å²) in [6.07, 6.45) is 3.41. The van der Waals surface area contributed by atoms with Gasteiger partial charge in [0.15, 0.2) is 11.6 Å². The number of nitrogens with one attached hydrogen (secondary N) is 1. The van der Waals surface area contributed by atoms with Crippen molar-refractivity contribution >= 4 is 15.8 Å². The summed E-state index contributed by atoms with van der Waals surface area (Å²) >= 11 is 0. The molecule has 0 bridgehead atoms. The van der Waals surface area contributed by atoms with Crippen LogP contribution in [0.4, 0.5) is 14.6 Å². The molecule has 0 spiro atoms. The van der Waals surface area contributed by atoms with Crippen LogP contribution in [0.2, 0.25) is 0 Å². The van der Waals surface area contributed by atoms with Crippen LogP contribution in [0, 0.1) is 17.6 Å². The first-order valence-corrected chi connectivity index (χ1v) is 9.55. The summed E-state index contributed by atoms with van der Waals surface area (Å²) in [5, 5.41) is 0. The zero-order chi connectivity index (χ0) is 17.9. The first-order valence-electron chi connectivity index (χ1n) is 8.06. The lowest BCUT2D eigenvalue weighted by Gasteiger charge is -2.32. The fraction of sp³-hybridized carbons (Fsp3) is 0.353. The Kier molecular flexibility index (Phi) is 5.29. The number of aromatic nitrogens is 1. The Bertz CT molecular complexity index is 823. The third kappa shape index (κ3) is 4.32. The lowest BCUT2D eigenvalue weighted by Crippen LogP contribution is -2.39. The van der Waals surface area contributed by atoms with Crippen molar-refractivity contribution in [1.29, 1.82) is 0 Å². The van der Waals surface area contributed by atoms with Gasteiger partial charge in [0, 0.05) is 25.8 Å². The average Bonchev–Trinajstić information content (AvgIpc) is 2.63. The smallest absolute Gasteiger partial charge is 0.240 e. The molecule has 0 atom stereocenters. The minimum atomic E-state index is -3.85. The summed E-state index contributed by atoms with van der Waals surface area (Å²) in [5.74, 6) is -1.13. The van der Waals surface area contributed by atoms with Crippen molar-refractivity contribution in [3.8, 4) is 0 Å². The van der Waals surface area contributed by atoms with Crippen LogP contribution in [0.5, 0.6) is 0 Å². The number of sulfonamides is 1. The normalized spacial score (nSPS) is 16.2. The van der Waals surface area contributed by atoms with Crippen LogP contribution in [-0.2, 0) is 10.0 Å². The maximum absolute atomic E-state index is 13.2. The number of benzene rings is 1. The topological polar surface area (TPSA) is 62.3 Å². The van der Waals surface area contributed by atoms with E-state index in [1.807, 2.05) is 18.2 Å². The number of pyridine rings is 1. The fourth-order valence-electron chi connectivity index (χ4n) is 2.86. The Labute approximate surface area is 145 Å². The molecule has 5 nitrogen and oxygen atoms in total. The standard InChI is InChI=1S/C17H19F2N3O2S/c18-15-5-4-14(11-16(15)19)25(23,24)21-12-13-6-9-22(10-7-13)17-3-1-2-8-20-17/h1-5,8,11,13,21H,6-7,9-10,12H2. The lowest BCUT2D eigenvalue weighted by molar-refractivity contribution is 0.400. The van der Waals surface area contributed by atoms with Crippen LogP contribution < -0.4 is 9.62 Å². The van der Waals surface area contributed by atoms with Crippen molar-refractivity contribution in [2.75, 3.05) is 24.5 Å². The summed E-state index contributed by atoms with van der Waals surface area (Å²) in [5.41, 5.74) is 0. The molecule has 1 fully saturated rings. The van der Waals surface area contributed by atoms with E-state index in [1.54, 1.807) is 6.20 Å². The van der Waals surface area contributed by atoms with Gasteiger partial charge in [0.1, 0.15) is 5.82 Å². The SMILES string of the molecule is O=S(=O)(NCC1CCN(c2ccccn2)CC1)c1ccc(F)c(F)c1. The number of hydrogen-bond acceptors (Lipinski definition) is 4. The van der Waals surface area contributed by atoms with Crippen molar-refractivity contribution < 1.29 is 17.2 Å². The molecule has 2 heterocycles. The maximum Gasteiger partial charge on any atom is 0.240 e. The summed E-state index contributed by atoms with van der Waals surface area (Å²) in [7, 11) is -3.85. The highest BCUT2D eigenvalue weighted by atomic mass is 32.2. The van der Waals surface area contributed by atoms with Gasteiger partial charge in [0.05, 0.1) is 4.90 Å². The minimum absolute atomic E-state index is 0.194. The Hall–Kier alpha value is -2.06. The number of nitrogens with zero attached hydrogens (tertiary/aromatic N) is 2. The highest BCUT2D eigenvalue weighted by Crippen LogP contribution is 2.22. The van der Waals surface area contributed by atoms with Gasteiger partial charge in [-0.2, -0.15) is 0 Å². The van der Waals surface area contributed by atoms with E-state index in [1.165, 1.54) is 0 Å². The van der Waals surface area contributed by atoms with Gasteiger partial charge >= 0.3 is 0 Å². The Morgan fingerprint density at radius 1 is 1.12 bits per heavy atom. The molecule has 0 unspecified atom stereocenters. The van der Waals surface area contributed by atoms with E-state index in [4.69, 9.17) is 0 Å². The molecule has 1 aromatic heterocycles. The van der Waals surface area contributed by atoms with Gasteiger partial charge in [-0.15, -0.1) is 0 Å². The summed E-state index contributed by atoms with van der Waals surface area (Å²) < 4.78 is 53.1. The lowest BCUT2D eigenvalue weighted by atomic mass is 9.97. The van der Waals surface area contributed by atoms with Gasteiger partial charge in [-0.1, -0.05) is 6.07 Å². The number of halogens is 2. The van der Waals surface area contributed by atoms with Crippen LogP contribution >= 0.6 is 0 Å². The highest BCUT2D eigenvalue weighted by molar-refractivity contribution is 7.89. The number of hydrogen-bond donors (Lipinski definition) is 1.